The van der Waals surface area contributed by atoms with Crippen molar-refractivity contribution in [2.75, 3.05) is 0 Å². The zero-order valence-electron chi connectivity index (χ0n) is 12.5. The summed E-state index contributed by atoms with van der Waals surface area (Å²) in [7, 11) is 0. The van der Waals surface area contributed by atoms with E-state index >= 15 is 0 Å². The van der Waals surface area contributed by atoms with Gasteiger partial charge in [-0.1, -0.05) is 19.0 Å². The van der Waals surface area contributed by atoms with Gasteiger partial charge in [-0.05, 0) is 38.3 Å². The standard InChI is InChI=1S/C14H23N3O2S/c1-5-14(6-2,12(15)17-19)13(18)16-8-11-7-9(3)10(4)20-11/h7,19H,5-6,8H2,1-4H3,(H2,15,17)(H,16,18). The minimum atomic E-state index is -0.934. The number of thiophene rings is 1. The van der Waals surface area contributed by atoms with E-state index < -0.39 is 5.41 Å². The Morgan fingerprint density at radius 1 is 1.45 bits per heavy atom. The molecule has 1 aromatic heterocycles. The van der Waals surface area contributed by atoms with Crippen LogP contribution in [0.25, 0.3) is 0 Å². The van der Waals surface area contributed by atoms with Gasteiger partial charge in [-0.2, -0.15) is 0 Å². The van der Waals surface area contributed by atoms with Crippen LogP contribution in [0.1, 0.15) is 42.0 Å². The van der Waals surface area contributed by atoms with Crippen molar-refractivity contribution in [3.63, 3.8) is 0 Å². The van der Waals surface area contributed by atoms with Crippen LogP contribution in [0.15, 0.2) is 11.2 Å². The summed E-state index contributed by atoms with van der Waals surface area (Å²) in [6.07, 6.45) is 0.988. The van der Waals surface area contributed by atoms with E-state index in [-0.39, 0.29) is 11.7 Å². The first-order valence-corrected chi connectivity index (χ1v) is 7.55. The lowest BCUT2D eigenvalue weighted by molar-refractivity contribution is -0.128. The lowest BCUT2D eigenvalue weighted by Crippen LogP contribution is -2.49. The van der Waals surface area contributed by atoms with Crippen molar-refractivity contribution in [2.45, 2.75) is 47.1 Å². The van der Waals surface area contributed by atoms with Crippen LogP contribution in [0.2, 0.25) is 0 Å². The second kappa shape index (κ2) is 6.74. The summed E-state index contributed by atoms with van der Waals surface area (Å²) in [5, 5.41) is 14.8. The molecule has 0 saturated carbocycles. The first kappa shape index (κ1) is 16.5. The van der Waals surface area contributed by atoms with Crippen molar-refractivity contribution >= 4 is 23.1 Å². The number of aryl methyl sites for hydroxylation is 2. The van der Waals surface area contributed by atoms with Gasteiger partial charge in [0.15, 0.2) is 5.84 Å². The van der Waals surface area contributed by atoms with Gasteiger partial charge in [0, 0.05) is 9.75 Å². The average molecular weight is 297 g/mol. The zero-order chi connectivity index (χ0) is 15.3. The molecule has 0 saturated heterocycles. The number of carbonyl (C=O) groups is 1. The minimum Gasteiger partial charge on any atom is -0.409 e. The number of oxime groups is 1. The van der Waals surface area contributed by atoms with Gasteiger partial charge in [0.05, 0.1) is 6.54 Å². The highest BCUT2D eigenvalue weighted by Gasteiger charge is 2.39. The molecule has 0 spiro atoms. The van der Waals surface area contributed by atoms with E-state index in [9.17, 15) is 4.79 Å². The molecule has 1 rings (SSSR count). The van der Waals surface area contributed by atoms with Gasteiger partial charge in [-0.15, -0.1) is 11.3 Å². The highest BCUT2D eigenvalue weighted by molar-refractivity contribution is 7.12. The lowest BCUT2D eigenvalue weighted by atomic mass is 9.80. The van der Waals surface area contributed by atoms with Gasteiger partial charge >= 0.3 is 0 Å². The normalized spacial score (nSPS) is 12.5. The molecule has 20 heavy (non-hydrogen) atoms. The molecule has 4 N–H and O–H groups in total. The summed E-state index contributed by atoms with van der Waals surface area (Å²) in [6.45, 7) is 8.31. The Morgan fingerprint density at radius 2 is 2.05 bits per heavy atom. The third kappa shape index (κ3) is 3.12. The fourth-order valence-electron chi connectivity index (χ4n) is 2.22. The van der Waals surface area contributed by atoms with E-state index in [2.05, 4.69) is 30.4 Å². The lowest BCUT2D eigenvalue weighted by Gasteiger charge is -2.28. The van der Waals surface area contributed by atoms with E-state index in [0.29, 0.717) is 19.4 Å². The highest BCUT2D eigenvalue weighted by atomic mass is 32.1. The fraction of sp³-hybridized carbons (Fsp3) is 0.571. The number of nitrogens with two attached hydrogens (primary N) is 1. The minimum absolute atomic E-state index is 0.0291. The Bertz CT molecular complexity index is 485. The maximum atomic E-state index is 12.4. The van der Waals surface area contributed by atoms with E-state index in [4.69, 9.17) is 10.9 Å². The topological polar surface area (TPSA) is 87.7 Å². The molecule has 0 bridgehead atoms. The van der Waals surface area contributed by atoms with Crippen LogP contribution in [-0.4, -0.2) is 17.0 Å². The molecule has 1 heterocycles. The fourth-order valence-corrected chi connectivity index (χ4v) is 3.21. The molecule has 0 radical (unpaired) electrons. The van der Waals surface area contributed by atoms with Crippen LogP contribution in [-0.2, 0) is 11.3 Å². The molecule has 1 amide bonds. The molecule has 0 unspecified atom stereocenters. The van der Waals surface area contributed by atoms with Gasteiger partial charge in [0.25, 0.3) is 0 Å². The molecule has 0 aliphatic heterocycles. The highest BCUT2D eigenvalue weighted by Crippen LogP contribution is 2.27. The van der Waals surface area contributed by atoms with Crippen LogP contribution in [0, 0.1) is 19.3 Å². The molecule has 0 aliphatic rings. The Labute approximate surface area is 123 Å². The van der Waals surface area contributed by atoms with Crippen LogP contribution >= 0.6 is 11.3 Å². The number of amidine groups is 1. The summed E-state index contributed by atoms with van der Waals surface area (Å²) < 4.78 is 0. The van der Waals surface area contributed by atoms with Gasteiger partial charge in [-0.25, -0.2) is 0 Å². The van der Waals surface area contributed by atoms with Crippen molar-refractivity contribution in [3.05, 3.63) is 21.4 Å². The van der Waals surface area contributed by atoms with E-state index in [1.807, 2.05) is 13.8 Å². The SMILES string of the molecule is CCC(CC)(C(=O)NCc1cc(C)c(C)s1)C(N)=NO. The monoisotopic (exact) mass is 297 g/mol. The van der Waals surface area contributed by atoms with Gasteiger partial charge in [0.2, 0.25) is 5.91 Å². The first-order valence-electron chi connectivity index (χ1n) is 6.73. The molecular weight excluding hydrogens is 274 g/mol. The van der Waals surface area contributed by atoms with Crippen LogP contribution in [0.5, 0.6) is 0 Å². The van der Waals surface area contributed by atoms with Crippen molar-refractivity contribution in [1.29, 1.82) is 0 Å². The van der Waals surface area contributed by atoms with Crippen LogP contribution in [0.4, 0.5) is 0 Å². The molecule has 0 aromatic carbocycles. The van der Waals surface area contributed by atoms with Gasteiger partial charge in [0.1, 0.15) is 5.41 Å². The van der Waals surface area contributed by atoms with E-state index in [1.165, 1.54) is 10.4 Å². The maximum Gasteiger partial charge on any atom is 0.234 e. The summed E-state index contributed by atoms with van der Waals surface area (Å²) in [4.78, 5) is 14.8. The summed E-state index contributed by atoms with van der Waals surface area (Å²) in [6, 6.07) is 2.07. The first-order chi connectivity index (χ1) is 9.41. The molecule has 1 aromatic rings. The average Bonchev–Trinajstić information content (AvgIpc) is 2.77. The van der Waals surface area contributed by atoms with E-state index in [1.54, 1.807) is 11.3 Å². The molecule has 5 nitrogen and oxygen atoms in total. The summed E-state index contributed by atoms with van der Waals surface area (Å²) in [5.41, 5.74) is 6.01. The predicted molar refractivity (Wildman–Crippen MR) is 82.1 cm³/mol. The van der Waals surface area contributed by atoms with Crippen LogP contribution in [0.3, 0.4) is 0 Å². The number of hydrogen-bond donors (Lipinski definition) is 3. The third-order valence-electron chi connectivity index (χ3n) is 3.88. The van der Waals surface area contributed by atoms with Gasteiger partial charge < -0.3 is 16.3 Å². The van der Waals surface area contributed by atoms with Gasteiger partial charge in [-0.3, -0.25) is 4.79 Å². The number of rotatable bonds is 6. The van der Waals surface area contributed by atoms with E-state index in [0.717, 1.165) is 4.88 Å². The second-order valence-corrected chi connectivity index (χ2v) is 6.25. The van der Waals surface area contributed by atoms with Crippen molar-refractivity contribution in [1.82, 2.24) is 5.32 Å². The smallest absolute Gasteiger partial charge is 0.234 e. The maximum absolute atomic E-state index is 12.4. The predicted octanol–water partition coefficient (Wildman–Crippen LogP) is 2.53. The Hall–Kier alpha value is -1.56. The zero-order valence-corrected chi connectivity index (χ0v) is 13.3. The van der Waals surface area contributed by atoms with Crippen molar-refractivity contribution in [2.24, 2.45) is 16.3 Å². The number of nitrogens with zero attached hydrogens (tertiary/aromatic N) is 1. The molecule has 112 valence electrons. The largest absolute Gasteiger partial charge is 0.409 e. The number of amides is 1. The number of hydrogen-bond acceptors (Lipinski definition) is 4. The Kier molecular flexibility index (Phi) is 5.56. The molecule has 0 atom stereocenters. The Morgan fingerprint density at radius 3 is 2.45 bits per heavy atom. The summed E-state index contributed by atoms with van der Waals surface area (Å²) >= 11 is 1.67. The van der Waals surface area contributed by atoms with Crippen molar-refractivity contribution < 1.29 is 10.0 Å². The summed E-state index contributed by atoms with van der Waals surface area (Å²) in [5.74, 6) is -0.222. The van der Waals surface area contributed by atoms with Crippen molar-refractivity contribution in [3.8, 4) is 0 Å². The number of carbonyl (C=O) groups excluding carboxylic acids is 1. The van der Waals surface area contributed by atoms with Crippen LogP contribution < -0.4 is 11.1 Å². The number of nitrogens with one attached hydrogen (secondary N) is 1. The quantitative estimate of drug-likeness (QED) is 0.326. The molecule has 0 fully saturated rings. The molecule has 6 heteroatoms. The molecule has 0 aliphatic carbocycles. The Balaban J connectivity index is 2.82. The third-order valence-corrected chi connectivity index (χ3v) is 5.03. The molecular formula is C14H23N3O2S. The second-order valence-electron chi connectivity index (χ2n) is 4.91.